The molecule has 2 heterocycles. The molecule has 0 fully saturated rings. The van der Waals surface area contributed by atoms with Crippen molar-refractivity contribution in [1.82, 2.24) is 9.38 Å². The lowest BCUT2D eigenvalue weighted by Crippen LogP contribution is -2.84. The van der Waals surface area contributed by atoms with Gasteiger partial charge in [-0.25, -0.2) is 4.98 Å². The van der Waals surface area contributed by atoms with Crippen LogP contribution in [-0.2, 0) is 13.0 Å². The molecule has 0 unspecified atom stereocenters. The smallest absolute Gasteiger partial charge is 0.258 e. The minimum Gasteiger partial charge on any atom is -0.335 e. The Kier molecular flexibility index (Phi) is 6.63. The summed E-state index contributed by atoms with van der Waals surface area (Å²) in [6.45, 7) is 9.35. The fourth-order valence-electron chi connectivity index (χ4n) is 3.80. The number of fused-ring (bicyclic) bond motifs is 1. The third-order valence-corrected chi connectivity index (χ3v) is 5.42. The van der Waals surface area contributed by atoms with Gasteiger partial charge in [0, 0.05) is 23.2 Å². The Morgan fingerprint density at radius 2 is 1.86 bits per heavy atom. The van der Waals surface area contributed by atoms with Crippen molar-refractivity contribution in [1.29, 1.82) is 0 Å². The van der Waals surface area contributed by atoms with Gasteiger partial charge in [-0.3, -0.25) is 9.20 Å². The second-order valence-electron chi connectivity index (χ2n) is 8.00. The van der Waals surface area contributed by atoms with Crippen molar-refractivity contribution in [2.24, 2.45) is 5.92 Å². The van der Waals surface area contributed by atoms with Gasteiger partial charge in [0.15, 0.2) is 0 Å². The lowest BCUT2D eigenvalue weighted by molar-refractivity contribution is -0.717. The monoisotopic (exact) mass is 378 g/mol. The molecule has 0 saturated carbocycles. The molecule has 148 valence electrons. The van der Waals surface area contributed by atoms with Crippen molar-refractivity contribution in [3.63, 3.8) is 0 Å². The number of hydrogen-bond acceptors (Lipinski definition) is 2. The van der Waals surface area contributed by atoms with E-state index >= 15 is 0 Å². The number of nitrogens with zero attached hydrogens (tertiary/aromatic N) is 2. The second kappa shape index (κ2) is 9.16. The van der Waals surface area contributed by atoms with Gasteiger partial charge in [0.2, 0.25) is 0 Å². The first-order chi connectivity index (χ1) is 13.5. The van der Waals surface area contributed by atoms with Crippen LogP contribution in [0.15, 0.2) is 53.3 Å². The Hall–Kier alpha value is -2.46. The van der Waals surface area contributed by atoms with Crippen LogP contribution < -0.4 is 10.9 Å². The van der Waals surface area contributed by atoms with Crippen LogP contribution in [0.1, 0.15) is 62.2 Å². The molecule has 1 atom stereocenters. The van der Waals surface area contributed by atoms with Crippen LogP contribution in [-0.4, -0.2) is 9.38 Å². The van der Waals surface area contributed by atoms with E-state index in [1.165, 1.54) is 24.0 Å². The number of benzene rings is 1. The summed E-state index contributed by atoms with van der Waals surface area (Å²) in [6, 6.07) is 16.8. The molecule has 0 aliphatic rings. The van der Waals surface area contributed by atoms with Gasteiger partial charge in [-0.2, -0.15) is 0 Å². The van der Waals surface area contributed by atoms with Crippen molar-refractivity contribution in [3.8, 4) is 0 Å². The maximum Gasteiger partial charge on any atom is 0.258 e. The first-order valence-corrected chi connectivity index (χ1v) is 10.4. The largest absolute Gasteiger partial charge is 0.335 e. The quantitative estimate of drug-likeness (QED) is 0.648. The Balaban J connectivity index is 1.77. The molecule has 3 rings (SSSR count). The number of hydrogen-bond donors (Lipinski definition) is 1. The molecule has 0 bridgehead atoms. The van der Waals surface area contributed by atoms with E-state index in [9.17, 15) is 4.79 Å². The van der Waals surface area contributed by atoms with E-state index < -0.39 is 0 Å². The summed E-state index contributed by atoms with van der Waals surface area (Å²) >= 11 is 0. The SMILES string of the molecule is CCCCc1ccc([C@H]([NH2+]Cc2cc(=O)n3c(C)cccc3n2)C(C)C)cc1. The number of nitrogens with two attached hydrogens (primary N) is 1. The highest BCUT2D eigenvalue weighted by molar-refractivity contribution is 5.40. The highest BCUT2D eigenvalue weighted by Gasteiger charge is 2.19. The minimum absolute atomic E-state index is 0.00660. The van der Waals surface area contributed by atoms with Crippen molar-refractivity contribution >= 4 is 5.65 Å². The molecule has 0 saturated heterocycles. The average Bonchev–Trinajstić information content (AvgIpc) is 2.67. The van der Waals surface area contributed by atoms with Gasteiger partial charge in [-0.1, -0.05) is 57.5 Å². The first kappa shape index (κ1) is 20.3. The lowest BCUT2D eigenvalue weighted by Gasteiger charge is -2.20. The van der Waals surface area contributed by atoms with E-state index in [1.54, 1.807) is 10.5 Å². The molecule has 0 radical (unpaired) electrons. The lowest BCUT2D eigenvalue weighted by atomic mass is 9.94. The van der Waals surface area contributed by atoms with E-state index in [4.69, 9.17) is 4.98 Å². The van der Waals surface area contributed by atoms with Crippen LogP contribution in [0.25, 0.3) is 5.65 Å². The van der Waals surface area contributed by atoms with E-state index in [1.807, 2.05) is 25.1 Å². The Bertz CT molecular complexity index is 973. The second-order valence-corrected chi connectivity index (χ2v) is 8.00. The van der Waals surface area contributed by atoms with E-state index in [2.05, 4.69) is 50.4 Å². The van der Waals surface area contributed by atoms with Crippen LogP contribution in [0.2, 0.25) is 0 Å². The molecule has 0 aliphatic heterocycles. The van der Waals surface area contributed by atoms with Gasteiger partial charge in [-0.15, -0.1) is 0 Å². The summed E-state index contributed by atoms with van der Waals surface area (Å²) < 4.78 is 1.67. The maximum absolute atomic E-state index is 12.5. The summed E-state index contributed by atoms with van der Waals surface area (Å²) in [6.07, 6.45) is 3.61. The number of pyridine rings is 1. The first-order valence-electron chi connectivity index (χ1n) is 10.4. The number of unbranched alkanes of at least 4 members (excludes halogenated alkanes) is 1. The molecule has 4 nitrogen and oxygen atoms in total. The summed E-state index contributed by atoms with van der Waals surface area (Å²) in [7, 11) is 0. The highest BCUT2D eigenvalue weighted by atomic mass is 16.1. The molecule has 28 heavy (non-hydrogen) atoms. The fraction of sp³-hybridized carbons (Fsp3) is 0.417. The molecule has 0 aliphatic carbocycles. The Labute approximate surface area is 167 Å². The predicted octanol–water partition coefficient (Wildman–Crippen LogP) is 3.81. The summed E-state index contributed by atoms with van der Waals surface area (Å²) in [4.78, 5) is 17.2. The third-order valence-electron chi connectivity index (χ3n) is 5.42. The van der Waals surface area contributed by atoms with Crippen LogP contribution >= 0.6 is 0 Å². The van der Waals surface area contributed by atoms with Crippen LogP contribution in [0, 0.1) is 12.8 Å². The van der Waals surface area contributed by atoms with Crippen molar-refractivity contribution in [2.45, 2.75) is 59.5 Å². The third kappa shape index (κ3) is 4.68. The summed E-state index contributed by atoms with van der Waals surface area (Å²) in [5, 5.41) is 2.31. The Morgan fingerprint density at radius 1 is 1.11 bits per heavy atom. The molecule has 1 aromatic carbocycles. The number of quaternary nitrogens is 1. The van der Waals surface area contributed by atoms with Crippen LogP contribution in [0.5, 0.6) is 0 Å². The van der Waals surface area contributed by atoms with Gasteiger partial charge in [0.1, 0.15) is 23.9 Å². The molecule has 0 amide bonds. The van der Waals surface area contributed by atoms with Crippen LogP contribution in [0.4, 0.5) is 0 Å². The minimum atomic E-state index is -0.00660. The normalized spacial score (nSPS) is 12.6. The maximum atomic E-state index is 12.5. The van der Waals surface area contributed by atoms with Crippen molar-refractivity contribution in [2.75, 3.05) is 0 Å². The van der Waals surface area contributed by atoms with Crippen molar-refractivity contribution in [3.05, 3.63) is 81.4 Å². The molecule has 2 aromatic heterocycles. The zero-order valence-electron chi connectivity index (χ0n) is 17.5. The number of aromatic nitrogens is 2. The van der Waals surface area contributed by atoms with Gasteiger partial charge >= 0.3 is 0 Å². The predicted molar refractivity (Wildman–Crippen MR) is 114 cm³/mol. The molecular weight excluding hydrogens is 346 g/mol. The highest BCUT2D eigenvalue weighted by Crippen LogP contribution is 2.19. The number of rotatable bonds is 8. The summed E-state index contributed by atoms with van der Waals surface area (Å²) in [5.41, 5.74) is 5.20. The van der Waals surface area contributed by atoms with Crippen LogP contribution in [0.3, 0.4) is 0 Å². The molecule has 0 spiro atoms. The average molecular weight is 379 g/mol. The Morgan fingerprint density at radius 3 is 2.54 bits per heavy atom. The molecule has 3 aromatic rings. The fourth-order valence-corrected chi connectivity index (χ4v) is 3.80. The summed E-state index contributed by atoms with van der Waals surface area (Å²) in [5.74, 6) is 0.491. The van der Waals surface area contributed by atoms with E-state index in [-0.39, 0.29) is 5.56 Å². The van der Waals surface area contributed by atoms with E-state index in [0.29, 0.717) is 18.5 Å². The van der Waals surface area contributed by atoms with Crippen molar-refractivity contribution < 1.29 is 5.32 Å². The molecular formula is C24H32N3O+. The van der Waals surface area contributed by atoms with Gasteiger partial charge in [0.25, 0.3) is 5.56 Å². The molecule has 2 N–H and O–H groups in total. The zero-order valence-corrected chi connectivity index (χ0v) is 17.5. The van der Waals surface area contributed by atoms with Gasteiger partial charge < -0.3 is 5.32 Å². The number of aryl methyl sites for hydroxylation is 2. The molecule has 4 heteroatoms. The standard InChI is InChI=1S/C24H31N3O/c1-5-6-9-19-11-13-20(14-12-19)24(17(2)3)25-16-21-15-23(28)27-18(4)8-7-10-22(27)26-21/h7-8,10-15,17,24-25H,5-6,9,16H2,1-4H3/p+1/t24-/m1/s1. The van der Waals surface area contributed by atoms with E-state index in [0.717, 1.165) is 23.5 Å². The van der Waals surface area contributed by atoms with Gasteiger partial charge in [0.05, 0.1) is 0 Å². The van der Waals surface area contributed by atoms with Gasteiger partial charge in [-0.05, 0) is 37.5 Å². The topological polar surface area (TPSA) is 51.0 Å². The zero-order chi connectivity index (χ0) is 20.1.